The first-order chi connectivity index (χ1) is 12.0. The molecular formula is C15H22N5NaO6. The van der Waals surface area contributed by atoms with Gasteiger partial charge in [-0.25, -0.2) is 9.59 Å². The fourth-order valence-electron chi connectivity index (χ4n) is 1.86. The minimum atomic E-state index is -1.47. The molecule has 11 nitrogen and oxygen atoms in total. The molecule has 0 atom stereocenters. The van der Waals surface area contributed by atoms with Crippen LogP contribution in [0.15, 0.2) is 17.1 Å². The number of aliphatic carboxylic acids is 1. The van der Waals surface area contributed by atoms with E-state index in [0.29, 0.717) is 0 Å². The summed E-state index contributed by atoms with van der Waals surface area (Å²) in [5, 5.41) is 13.3. The number of hydrogen-bond donors (Lipinski definition) is 2. The SMILES string of the molecule is CC(C)(C)OC(=O)NCCN(CC(=O)[O-])C(=O)Cn1ccc(N)nc1=O.[Na+]. The van der Waals surface area contributed by atoms with E-state index < -0.39 is 42.4 Å². The molecule has 3 N–H and O–H groups in total. The Morgan fingerprint density at radius 2 is 2.00 bits per heavy atom. The zero-order chi connectivity index (χ0) is 19.9. The van der Waals surface area contributed by atoms with Crippen LogP contribution in [0.1, 0.15) is 20.8 Å². The molecule has 0 spiro atoms. The van der Waals surface area contributed by atoms with E-state index in [4.69, 9.17) is 10.5 Å². The Morgan fingerprint density at radius 3 is 2.52 bits per heavy atom. The van der Waals surface area contributed by atoms with Crippen LogP contribution in [0.3, 0.4) is 0 Å². The number of carboxylic acids is 1. The first-order valence-corrected chi connectivity index (χ1v) is 7.75. The van der Waals surface area contributed by atoms with Crippen molar-refractivity contribution in [3.05, 3.63) is 22.7 Å². The van der Waals surface area contributed by atoms with Gasteiger partial charge in [-0.15, -0.1) is 0 Å². The van der Waals surface area contributed by atoms with Gasteiger partial charge in [0, 0.05) is 19.3 Å². The number of aromatic nitrogens is 2. The van der Waals surface area contributed by atoms with Crippen molar-refractivity contribution in [3.63, 3.8) is 0 Å². The normalized spacial score (nSPS) is 10.5. The summed E-state index contributed by atoms with van der Waals surface area (Å²) >= 11 is 0. The van der Waals surface area contributed by atoms with E-state index in [9.17, 15) is 24.3 Å². The van der Waals surface area contributed by atoms with E-state index >= 15 is 0 Å². The van der Waals surface area contributed by atoms with Gasteiger partial charge in [0.25, 0.3) is 0 Å². The molecule has 0 aliphatic rings. The largest absolute Gasteiger partial charge is 1.00 e. The van der Waals surface area contributed by atoms with Crippen LogP contribution in [-0.4, -0.2) is 57.7 Å². The van der Waals surface area contributed by atoms with E-state index in [-0.39, 0.29) is 48.5 Å². The molecule has 12 heteroatoms. The van der Waals surface area contributed by atoms with Crippen LogP contribution < -0.4 is 51.4 Å². The van der Waals surface area contributed by atoms with E-state index in [2.05, 4.69) is 10.3 Å². The first kappa shape index (κ1) is 24.9. The van der Waals surface area contributed by atoms with E-state index in [0.717, 1.165) is 9.47 Å². The fourth-order valence-corrected chi connectivity index (χ4v) is 1.86. The summed E-state index contributed by atoms with van der Waals surface area (Å²) in [5.74, 6) is -2.13. The van der Waals surface area contributed by atoms with Gasteiger partial charge in [0.15, 0.2) is 0 Å². The number of nitrogen functional groups attached to an aromatic ring is 1. The van der Waals surface area contributed by atoms with Crippen molar-refractivity contribution in [1.29, 1.82) is 0 Å². The molecule has 1 heterocycles. The molecule has 27 heavy (non-hydrogen) atoms. The maximum absolute atomic E-state index is 12.3. The Balaban J connectivity index is 0.00000676. The number of ether oxygens (including phenoxy) is 1. The number of amides is 2. The zero-order valence-corrected chi connectivity index (χ0v) is 17.9. The Morgan fingerprint density at radius 1 is 1.37 bits per heavy atom. The predicted molar refractivity (Wildman–Crippen MR) is 88.7 cm³/mol. The van der Waals surface area contributed by atoms with Gasteiger partial charge in [0.05, 0.1) is 12.5 Å². The van der Waals surface area contributed by atoms with Crippen LogP contribution in [0.2, 0.25) is 0 Å². The number of hydrogen-bond acceptors (Lipinski definition) is 8. The molecular weight excluding hydrogens is 369 g/mol. The van der Waals surface area contributed by atoms with Crippen LogP contribution in [0.25, 0.3) is 0 Å². The number of anilines is 1. The van der Waals surface area contributed by atoms with Crippen molar-refractivity contribution in [2.75, 3.05) is 25.4 Å². The number of nitrogens with zero attached hydrogens (tertiary/aromatic N) is 3. The van der Waals surface area contributed by atoms with E-state index in [1.165, 1.54) is 12.3 Å². The molecule has 0 aliphatic carbocycles. The quantitative estimate of drug-likeness (QED) is 0.437. The van der Waals surface area contributed by atoms with Crippen molar-refractivity contribution < 1.29 is 53.8 Å². The minimum Gasteiger partial charge on any atom is -0.548 e. The molecule has 0 unspecified atom stereocenters. The number of alkyl carbamates (subject to hydrolysis) is 1. The number of nitrogens with two attached hydrogens (primary N) is 1. The molecule has 0 saturated heterocycles. The monoisotopic (exact) mass is 391 g/mol. The standard InChI is InChI=1S/C15H23N5O6.Na/c1-15(2,3)26-14(25)17-5-7-19(9-12(22)23)11(21)8-20-6-4-10(16)18-13(20)24;/h4,6H,5,7-9H2,1-3H3,(H,17,25)(H,22,23)(H2,16,18,24);/q;+1/p-1. The number of nitrogens with one attached hydrogen (secondary N) is 1. The molecule has 2 amide bonds. The molecule has 1 aromatic heterocycles. The second-order valence-electron chi connectivity index (χ2n) is 6.38. The molecule has 0 aromatic carbocycles. The van der Waals surface area contributed by atoms with Crippen molar-refractivity contribution >= 4 is 23.8 Å². The van der Waals surface area contributed by atoms with Crippen LogP contribution in [0.5, 0.6) is 0 Å². The van der Waals surface area contributed by atoms with Crippen LogP contribution in [-0.2, 0) is 20.9 Å². The second kappa shape index (κ2) is 10.9. The molecule has 144 valence electrons. The zero-order valence-electron chi connectivity index (χ0n) is 15.9. The number of carbonyl (C=O) groups is 3. The molecule has 1 aromatic rings. The van der Waals surface area contributed by atoms with Gasteiger partial charge < -0.3 is 30.6 Å². The molecule has 0 saturated carbocycles. The summed E-state index contributed by atoms with van der Waals surface area (Å²) in [6, 6.07) is 1.34. The third-order valence-electron chi connectivity index (χ3n) is 2.92. The summed E-state index contributed by atoms with van der Waals surface area (Å²) in [5.41, 5.74) is 3.94. The van der Waals surface area contributed by atoms with E-state index in [1.54, 1.807) is 20.8 Å². The minimum absolute atomic E-state index is 0. The molecule has 0 bridgehead atoms. The Kier molecular flexibility index (Phi) is 10.0. The molecule has 0 aliphatic heterocycles. The smallest absolute Gasteiger partial charge is 0.548 e. The van der Waals surface area contributed by atoms with Gasteiger partial charge >= 0.3 is 41.3 Å². The van der Waals surface area contributed by atoms with Gasteiger partial charge in [-0.05, 0) is 26.8 Å². The summed E-state index contributed by atoms with van der Waals surface area (Å²) in [4.78, 5) is 50.8. The topological polar surface area (TPSA) is 160 Å². The number of rotatable bonds is 7. The predicted octanol–water partition coefficient (Wildman–Crippen LogP) is -5.07. The Hall–Kier alpha value is -2.11. The van der Waals surface area contributed by atoms with Gasteiger partial charge in [0.2, 0.25) is 5.91 Å². The average Bonchev–Trinajstić information content (AvgIpc) is 2.46. The van der Waals surface area contributed by atoms with Gasteiger partial charge in [-0.2, -0.15) is 4.98 Å². The van der Waals surface area contributed by atoms with Gasteiger partial charge in [-0.3, -0.25) is 9.36 Å². The summed E-state index contributed by atoms with van der Waals surface area (Å²) < 4.78 is 6.02. The fraction of sp³-hybridized carbons (Fsp3) is 0.533. The van der Waals surface area contributed by atoms with Crippen molar-refractivity contribution in [2.45, 2.75) is 32.9 Å². The third kappa shape index (κ3) is 9.97. The Labute approximate surface area is 178 Å². The van der Waals surface area contributed by atoms with E-state index in [1.807, 2.05) is 0 Å². The van der Waals surface area contributed by atoms with Crippen LogP contribution in [0.4, 0.5) is 10.6 Å². The summed E-state index contributed by atoms with van der Waals surface area (Å²) in [7, 11) is 0. The maximum Gasteiger partial charge on any atom is 1.00 e. The van der Waals surface area contributed by atoms with Gasteiger partial charge in [0.1, 0.15) is 18.0 Å². The maximum atomic E-state index is 12.3. The molecule has 0 fully saturated rings. The van der Waals surface area contributed by atoms with Crippen molar-refractivity contribution in [2.24, 2.45) is 0 Å². The summed E-state index contributed by atoms with van der Waals surface area (Å²) in [6.07, 6.45) is 0.580. The number of carbonyl (C=O) groups excluding carboxylic acids is 3. The average molecular weight is 391 g/mol. The third-order valence-corrected chi connectivity index (χ3v) is 2.92. The molecule has 1 rings (SSSR count). The summed E-state index contributed by atoms with van der Waals surface area (Å²) in [6.45, 7) is 3.81. The molecule has 0 radical (unpaired) electrons. The van der Waals surface area contributed by atoms with Crippen molar-refractivity contribution in [3.8, 4) is 0 Å². The number of carboxylic acid groups (broad SMARTS) is 1. The van der Waals surface area contributed by atoms with Gasteiger partial charge in [-0.1, -0.05) is 0 Å². The van der Waals surface area contributed by atoms with Crippen molar-refractivity contribution in [1.82, 2.24) is 19.8 Å². The second-order valence-corrected chi connectivity index (χ2v) is 6.38. The van der Waals surface area contributed by atoms with Crippen LogP contribution in [0, 0.1) is 0 Å². The first-order valence-electron chi connectivity index (χ1n) is 7.75. The van der Waals surface area contributed by atoms with Crippen LogP contribution >= 0.6 is 0 Å². The Bertz CT molecular complexity index is 730.